The van der Waals surface area contributed by atoms with Crippen molar-refractivity contribution in [3.05, 3.63) is 29.8 Å². The number of aliphatic hydroxyl groups is 1. The first-order valence-corrected chi connectivity index (χ1v) is 6.61. The molecule has 1 unspecified atom stereocenters. The second-order valence-electron chi connectivity index (χ2n) is 4.03. The largest absolute Gasteiger partial charge is 0.387 e. The number of aromatic nitrogens is 4. The van der Waals surface area contributed by atoms with Crippen molar-refractivity contribution in [3.63, 3.8) is 0 Å². The number of aryl methyl sites for hydroxylation is 1. The monoisotopic (exact) mass is 264 g/mol. The summed E-state index contributed by atoms with van der Waals surface area (Å²) in [5, 5.41) is 18.6. The lowest BCUT2D eigenvalue weighted by molar-refractivity contribution is 0.169. The molecule has 0 saturated carbocycles. The molecular weight excluding hydrogens is 248 g/mol. The van der Waals surface area contributed by atoms with Crippen LogP contribution in [0.4, 0.5) is 0 Å². The molecule has 1 atom stereocenters. The fraction of sp³-hybridized carbons (Fsp3) is 0.417. The molecule has 18 heavy (non-hydrogen) atoms. The molecular formula is C12H16N4OS. The minimum atomic E-state index is -0.485. The highest BCUT2D eigenvalue weighted by Gasteiger charge is 2.09. The molecule has 0 aromatic carbocycles. The SMILES string of the molecule is CCC(O)c1ccc(Sc2nnc(C)n2C)cn1. The molecule has 0 radical (unpaired) electrons. The van der Waals surface area contributed by atoms with Crippen LogP contribution in [0.5, 0.6) is 0 Å². The highest BCUT2D eigenvalue weighted by molar-refractivity contribution is 7.99. The van der Waals surface area contributed by atoms with Gasteiger partial charge in [0.05, 0.1) is 11.8 Å². The third kappa shape index (κ3) is 2.70. The number of rotatable bonds is 4. The minimum Gasteiger partial charge on any atom is -0.387 e. The van der Waals surface area contributed by atoms with Gasteiger partial charge in [-0.15, -0.1) is 10.2 Å². The van der Waals surface area contributed by atoms with Crippen LogP contribution in [0.15, 0.2) is 28.4 Å². The van der Waals surface area contributed by atoms with E-state index in [1.165, 1.54) is 11.8 Å². The van der Waals surface area contributed by atoms with Crippen LogP contribution in [-0.2, 0) is 7.05 Å². The Balaban J connectivity index is 2.13. The predicted molar refractivity (Wildman–Crippen MR) is 69.4 cm³/mol. The standard InChI is InChI=1S/C12H16N4OS/c1-4-11(17)10-6-5-9(7-13-10)18-12-15-14-8(2)16(12)3/h5-7,11,17H,4H2,1-3H3. The second kappa shape index (κ2) is 5.49. The first kappa shape index (κ1) is 13.0. The Labute approximate surface area is 110 Å². The molecule has 0 aliphatic carbocycles. The molecule has 96 valence electrons. The summed E-state index contributed by atoms with van der Waals surface area (Å²) < 4.78 is 1.93. The number of hydrogen-bond donors (Lipinski definition) is 1. The topological polar surface area (TPSA) is 63.8 Å². The number of aliphatic hydroxyl groups excluding tert-OH is 1. The fourth-order valence-corrected chi connectivity index (χ4v) is 2.24. The maximum atomic E-state index is 9.66. The van der Waals surface area contributed by atoms with Crippen molar-refractivity contribution in [1.29, 1.82) is 0 Å². The van der Waals surface area contributed by atoms with E-state index >= 15 is 0 Å². The maximum absolute atomic E-state index is 9.66. The van der Waals surface area contributed by atoms with E-state index in [1.54, 1.807) is 6.20 Å². The molecule has 2 rings (SSSR count). The Morgan fingerprint density at radius 1 is 1.39 bits per heavy atom. The number of nitrogens with zero attached hydrogens (tertiary/aromatic N) is 4. The van der Waals surface area contributed by atoms with Gasteiger partial charge >= 0.3 is 0 Å². The molecule has 0 saturated heterocycles. The summed E-state index contributed by atoms with van der Waals surface area (Å²) >= 11 is 1.51. The third-order valence-corrected chi connectivity index (χ3v) is 3.76. The van der Waals surface area contributed by atoms with Gasteiger partial charge in [0, 0.05) is 18.1 Å². The Morgan fingerprint density at radius 2 is 2.17 bits per heavy atom. The summed E-state index contributed by atoms with van der Waals surface area (Å²) in [6.07, 6.45) is 1.94. The molecule has 0 fully saturated rings. The van der Waals surface area contributed by atoms with Gasteiger partial charge in [0.1, 0.15) is 5.82 Å². The zero-order chi connectivity index (χ0) is 13.1. The molecule has 0 amide bonds. The maximum Gasteiger partial charge on any atom is 0.195 e. The summed E-state index contributed by atoms with van der Waals surface area (Å²) in [6, 6.07) is 3.79. The highest BCUT2D eigenvalue weighted by Crippen LogP contribution is 2.26. The molecule has 0 spiro atoms. The summed E-state index contributed by atoms with van der Waals surface area (Å²) in [5.41, 5.74) is 0.705. The van der Waals surface area contributed by atoms with E-state index in [-0.39, 0.29) is 0 Å². The van der Waals surface area contributed by atoms with Crippen LogP contribution < -0.4 is 0 Å². The van der Waals surface area contributed by atoms with Crippen LogP contribution in [-0.4, -0.2) is 24.9 Å². The normalized spacial score (nSPS) is 12.7. The van der Waals surface area contributed by atoms with Crippen LogP contribution in [0, 0.1) is 6.92 Å². The van der Waals surface area contributed by atoms with Gasteiger partial charge in [-0.2, -0.15) is 0 Å². The van der Waals surface area contributed by atoms with Gasteiger partial charge in [0.15, 0.2) is 5.16 Å². The molecule has 1 N–H and O–H groups in total. The van der Waals surface area contributed by atoms with Gasteiger partial charge in [-0.1, -0.05) is 6.92 Å². The van der Waals surface area contributed by atoms with E-state index in [9.17, 15) is 5.11 Å². The van der Waals surface area contributed by atoms with Crippen LogP contribution >= 0.6 is 11.8 Å². The Kier molecular flexibility index (Phi) is 3.98. The van der Waals surface area contributed by atoms with Crippen LogP contribution in [0.2, 0.25) is 0 Å². The van der Waals surface area contributed by atoms with Gasteiger partial charge in [-0.25, -0.2) is 0 Å². The lowest BCUT2D eigenvalue weighted by Crippen LogP contribution is -1.98. The molecule has 2 aromatic rings. The van der Waals surface area contributed by atoms with E-state index in [0.717, 1.165) is 15.9 Å². The van der Waals surface area contributed by atoms with E-state index in [2.05, 4.69) is 15.2 Å². The zero-order valence-corrected chi connectivity index (χ0v) is 11.5. The van der Waals surface area contributed by atoms with Crippen molar-refractivity contribution >= 4 is 11.8 Å². The lowest BCUT2D eigenvalue weighted by Gasteiger charge is -2.07. The molecule has 6 heteroatoms. The third-order valence-electron chi connectivity index (χ3n) is 2.75. The predicted octanol–water partition coefficient (Wildman–Crippen LogP) is 2.11. The van der Waals surface area contributed by atoms with E-state index in [0.29, 0.717) is 12.1 Å². The summed E-state index contributed by atoms with van der Waals surface area (Å²) in [4.78, 5) is 5.24. The highest BCUT2D eigenvalue weighted by atomic mass is 32.2. The average molecular weight is 264 g/mol. The molecule has 2 aromatic heterocycles. The van der Waals surface area contributed by atoms with Gasteiger partial charge in [-0.05, 0) is 37.2 Å². The van der Waals surface area contributed by atoms with Gasteiger partial charge in [0.25, 0.3) is 0 Å². The van der Waals surface area contributed by atoms with Crippen molar-refractivity contribution in [2.75, 3.05) is 0 Å². The van der Waals surface area contributed by atoms with E-state index < -0.39 is 6.10 Å². The first-order chi connectivity index (χ1) is 8.61. The van der Waals surface area contributed by atoms with Crippen molar-refractivity contribution in [1.82, 2.24) is 19.7 Å². The van der Waals surface area contributed by atoms with Gasteiger partial charge in [0.2, 0.25) is 0 Å². The molecule has 5 nitrogen and oxygen atoms in total. The molecule has 0 aliphatic heterocycles. The first-order valence-electron chi connectivity index (χ1n) is 5.79. The van der Waals surface area contributed by atoms with Gasteiger partial charge in [-0.3, -0.25) is 4.98 Å². The Bertz CT molecular complexity index is 523. The molecule has 2 heterocycles. The average Bonchev–Trinajstić information content (AvgIpc) is 2.71. The van der Waals surface area contributed by atoms with E-state index in [1.807, 2.05) is 37.6 Å². The Hall–Kier alpha value is -1.40. The number of pyridine rings is 1. The molecule has 0 aliphatic rings. The summed E-state index contributed by atoms with van der Waals surface area (Å²) in [5.74, 6) is 0.878. The van der Waals surface area contributed by atoms with Crippen molar-refractivity contribution in [3.8, 4) is 0 Å². The van der Waals surface area contributed by atoms with Crippen LogP contribution in [0.3, 0.4) is 0 Å². The smallest absolute Gasteiger partial charge is 0.195 e. The fourth-order valence-electron chi connectivity index (χ4n) is 1.44. The minimum absolute atomic E-state index is 0.485. The van der Waals surface area contributed by atoms with E-state index in [4.69, 9.17) is 0 Å². The second-order valence-corrected chi connectivity index (χ2v) is 5.07. The zero-order valence-electron chi connectivity index (χ0n) is 10.7. The number of hydrogen-bond acceptors (Lipinski definition) is 5. The molecule has 0 bridgehead atoms. The Morgan fingerprint density at radius 3 is 2.67 bits per heavy atom. The van der Waals surface area contributed by atoms with Crippen LogP contribution in [0.25, 0.3) is 0 Å². The quantitative estimate of drug-likeness (QED) is 0.916. The van der Waals surface area contributed by atoms with Gasteiger partial charge < -0.3 is 9.67 Å². The summed E-state index contributed by atoms with van der Waals surface area (Å²) in [7, 11) is 1.93. The lowest BCUT2D eigenvalue weighted by atomic mass is 10.2. The van der Waals surface area contributed by atoms with Crippen molar-refractivity contribution in [2.45, 2.75) is 36.4 Å². The summed E-state index contributed by atoms with van der Waals surface area (Å²) in [6.45, 7) is 3.84. The van der Waals surface area contributed by atoms with Crippen molar-refractivity contribution < 1.29 is 5.11 Å². The van der Waals surface area contributed by atoms with Crippen LogP contribution in [0.1, 0.15) is 31.0 Å². The van der Waals surface area contributed by atoms with Crippen molar-refractivity contribution in [2.24, 2.45) is 7.05 Å².